The van der Waals surface area contributed by atoms with E-state index in [4.69, 9.17) is 11.6 Å². The SMILES string of the molecule is CNCc1cc(Cl)cc(S(=O)(=O)NCCC(C)C)c1F. The number of sulfonamides is 1. The molecule has 2 N–H and O–H groups in total. The summed E-state index contributed by atoms with van der Waals surface area (Å²) in [6.45, 7) is 4.45. The largest absolute Gasteiger partial charge is 0.316 e. The fourth-order valence-corrected chi connectivity index (χ4v) is 3.19. The second-order valence-electron chi connectivity index (χ2n) is 4.99. The molecule has 0 saturated heterocycles. The van der Waals surface area contributed by atoms with Gasteiger partial charge in [0.2, 0.25) is 10.0 Å². The van der Waals surface area contributed by atoms with Gasteiger partial charge in [-0.2, -0.15) is 0 Å². The molecule has 0 unspecified atom stereocenters. The van der Waals surface area contributed by atoms with Crippen molar-refractivity contribution in [3.05, 3.63) is 28.5 Å². The third-order valence-corrected chi connectivity index (χ3v) is 4.43. The van der Waals surface area contributed by atoms with Gasteiger partial charge in [-0.25, -0.2) is 17.5 Å². The van der Waals surface area contributed by atoms with Crippen LogP contribution in [0.25, 0.3) is 0 Å². The molecule has 0 amide bonds. The van der Waals surface area contributed by atoms with Gasteiger partial charge in [-0.1, -0.05) is 25.4 Å². The Hall–Kier alpha value is -0.690. The van der Waals surface area contributed by atoms with Gasteiger partial charge in [0.1, 0.15) is 10.7 Å². The summed E-state index contributed by atoms with van der Waals surface area (Å²) in [6, 6.07) is 2.55. The molecule has 0 fully saturated rings. The van der Waals surface area contributed by atoms with Crippen molar-refractivity contribution in [2.75, 3.05) is 13.6 Å². The van der Waals surface area contributed by atoms with Gasteiger partial charge >= 0.3 is 0 Å². The Morgan fingerprint density at radius 2 is 2.00 bits per heavy atom. The highest BCUT2D eigenvalue weighted by atomic mass is 35.5. The molecule has 20 heavy (non-hydrogen) atoms. The minimum atomic E-state index is -3.89. The number of hydrogen-bond acceptors (Lipinski definition) is 3. The maximum absolute atomic E-state index is 14.2. The summed E-state index contributed by atoms with van der Waals surface area (Å²) in [5.74, 6) is -0.400. The van der Waals surface area contributed by atoms with Crippen LogP contribution in [0.2, 0.25) is 5.02 Å². The normalized spacial score (nSPS) is 12.1. The summed E-state index contributed by atoms with van der Waals surface area (Å²) in [4.78, 5) is -0.404. The van der Waals surface area contributed by atoms with E-state index in [0.29, 0.717) is 12.3 Å². The van der Waals surface area contributed by atoms with Crippen molar-refractivity contribution in [1.29, 1.82) is 0 Å². The van der Waals surface area contributed by atoms with Crippen molar-refractivity contribution in [1.82, 2.24) is 10.0 Å². The first-order valence-electron chi connectivity index (χ1n) is 6.40. The van der Waals surface area contributed by atoms with Gasteiger partial charge in [-0.3, -0.25) is 0 Å². The van der Waals surface area contributed by atoms with Crippen LogP contribution in [0, 0.1) is 11.7 Å². The number of benzene rings is 1. The van der Waals surface area contributed by atoms with E-state index >= 15 is 0 Å². The molecular weight excluding hydrogens is 303 g/mol. The van der Waals surface area contributed by atoms with Crippen LogP contribution in [0.15, 0.2) is 17.0 Å². The highest BCUT2D eigenvalue weighted by Gasteiger charge is 2.22. The molecule has 1 aromatic rings. The van der Waals surface area contributed by atoms with Crippen molar-refractivity contribution in [3.8, 4) is 0 Å². The molecule has 7 heteroatoms. The molecule has 0 aliphatic rings. The van der Waals surface area contributed by atoms with E-state index in [1.807, 2.05) is 13.8 Å². The standard InChI is InChI=1S/C13H20ClFN2O2S/c1-9(2)4-5-17-20(18,19)12-7-11(14)6-10(8-16-3)13(12)15/h6-7,9,16-17H,4-5,8H2,1-3H3. The zero-order chi connectivity index (χ0) is 15.3. The van der Waals surface area contributed by atoms with Crippen LogP contribution in [0.5, 0.6) is 0 Å². The van der Waals surface area contributed by atoms with E-state index in [2.05, 4.69) is 10.0 Å². The quantitative estimate of drug-likeness (QED) is 0.811. The monoisotopic (exact) mass is 322 g/mol. The van der Waals surface area contributed by atoms with Crippen LogP contribution >= 0.6 is 11.6 Å². The fraction of sp³-hybridized carbons (Fsp3) is 0.538. The Morgan fingerprint density at radius 3 is 2.55 bits per heavy atom. The molecule has 0 aliphatic heterocycles. The first-order chi connectivity index (χ1) is 9.27. The van der Waals surface area contributed by atoms with E-state index < -0.39 is 20.7 Å². The molecule has 0 radical (unpaired) electrons. The van der Waals surface area contributed by atoms with E-state index in [-0.39, 0.29) is 23.7 Å². The zero-order valence-corrected chi connectivity index (χ0v) is 13.4. The number of halogens is 2. The van der Waals surface area contributed by atoms with Gasteiger partial charge in [-0.15, -0.1) is 0 Å². The number of hydrogen-bond donors (Lipinski definition) is 2. The minimum absolute atomic E-state index is 0.195. The minimum Gasteiger partial charge on any atom is -0.316 e. The molecule has 1 rings (SSSR count). The number of rotatable bonds is 7. The Balaban J connectivity index is 3.05. The maximum atomic E-state index is 14.2. The van der Waals surface area contributed by atoms with Gasteiger partial charge in [0.15, 0.2) is 0 Å². The van der Waals surface area contributed by atoms with Gasteiger partial charge in [-0.05, 0) is 31.5 Å². The Morgan fingerprint density at radius 1 is 1.35 bits per heavy atom. The lowest BCUT2D eigenvalue weighted by molar-refractivity contribution is 0.534. The van der Waals surface area contributed by atoms with E-state index in [1.165, 1.54) is 6.07 Å². The lowest BCUT2D eigenvalue weighted by Crippen LogP contribution is -2.27. The summed E-state index contributed by atoms with van der Waals surface area (Å²) in [5, 5.41) is 2.97. The molecule has 0 aromatic heterocycles. The molecule has 0 bridgehead atoms. The molecule has 0 saturated carbocycles. The molecule has 0 heterocycles. The van der Waals surface area contributed by atoms with Gasteiger partial charge < -0.3 is 5.32 Å². The molecule has 114 valence electrons. The van der Waals surface area contributed by atoms with Gasteiger partial charge in [0, 0.05) is 23.7 Å². The topological polar surface area (TPSA) is 58.2 Å². The predicted molar refractivity (Wildman–Crippen MR) is 78.8 cm³/mol. The van der Waals surface area contributed by atoms with Crippen LogP contribution in [-0.2, 0) is 16.6 Å². The average Bonchev–Trinajstić information content (AvgIpc) is 2.32. The first-order valence-corrected chi connectivity index (χ1v) is 8.26. The molecule has 0 aliphatic carbocycles. The third-order valence-electron chi connectivity index (χ3n) is 2.75. The smallest absolute Gasteiger partial charge is 0.243 e. The second-order valence-corrected chi connectivity index (χ2v) is 7.16. The molecule has 0 atom stereocenters. The summed E-state index contributed by atoms with van der Waals surface area (Å²) >= 11 is 5.86. The molecule has 0 spiro atoms. The van der Waals surface area contributed by atoms with Crippen LogP contribution in [0.4, 0.5) is 4.39 Å². The Kier molecular flexibility index (Phi) is 6.39. The van der Waals surface area contributed by atoms with Crippen molar-refractivity contribution in [2.45, 2.75) is 31.7 Å². The van der Waals surface area contributed by atoms with Crippen molar-refractivity contribution in [3.63, 3.8) is 0 Å². The zero-order valence-electron chi connectivity index (χ0n) is 11.8. The molecule has 1 aromatic carbocycles. The van der Waals surface area contributed by atoms with Gasteiger partial charge in [0.25, 0.3) is 0 Å². The summed E-state index contributed by atoms with van der Waals surface area (Å²) in [7, 11) is -2.24. The first kappa shape index (κ1) is 17.4. The van der Waals surface area contributed by atoms with E-state index in [9.17, 15) is 12.8 Å². The van der Waals surface area contributed by atoms with Crippen LogP contribution in [-0.4, -0.2) is 22.0 Å². The van der Waals surface area contributed by atoms with Crippen molar-refractivity contribution >= 4 is 21.6 Å². The Bertz CT molecular complexity index is 562. The Labute approximate surface area is 124 Å². The molecular formula is C13H20ClFN2O2S. The third kappa shape index (κ3) is 4.70. The number of nitrogens with one attached hydrogen (secondary N) is 2. The van der Waals surface area contributed by atoms with Crippen molar-refractivity contribution in [2.24, 2.45) is 5.92 Å². The highest BCUT2D eigenvalue weighted by molar-refractivity contribution is 7.89. The maximum Gasteiger partial charge on any atom is 0.243 e. The lowest BCUT2D eigenvalue weighted by atomic mass is 10.1. The highest BCUT2D eigenvalue weighted by Crippen LogP contribution is 2.23. The van der Waals surface area contributed by atoms with Crippen molar-refractivity contribution < 1.29 is 12.8 Å². The van der Waals surface area contributed by atoms with Crippen LogP contribution in [0.1, 0.15) is 25.8 Å². The summed E-state index contributed by atoms with van der Waals surface area (Å²) < 4.78 is 40.8. The average molecular weight is 323 g/mol. The van der Waals surface area contributed by atoms with Gasteiger partial charge in [0.05, 0.1) is 0 Å². The lowest BCUT2D eigenvalue weighted by Gasteiger charge is -2.12. The molecule has 4 nitrogen and oxygen atoms in total. The van der Waals surface area contributed by atoms with Crippen LogP contribution in [0.3, 0.4) is 0 Å². The summed E-state index contributed by atoms with van der Waals surface area (Å²) in [6.07, 6.45) is 0.685. The van der Waals surface area contributed by atoms with E-state index in [0.717, 1.165) is 6.07 Å². The van der Waals surface area contributed by atoms with E-state index in [1.54, 1.807) is 7.05 Å². The second kappa shape index (κ2) is 7.36. The van der Waals surface area contributed by atoms with Crippen LogP contribution < -0.4 is 10.0 Å². The fourth-order valence-electron chi connectivity index (χ4n) is 1.69. The predicted octanol–water partition coefficient (Wildman–Crippen LogP) is 2.52. The summed E-state index contributed by atoms with van der Waals surface area (Å²) in [5.41, 5.74) is 0.226.